The van der Waals surface area contributed by atoms with Gasteiger partial charge in [-0.2, -0.15) is 13.2 Å². The van der Waals surface area contributed by atoms with Crippen LogP contribution in [-0.2, 0) is 10.9 Å². The van der Waals surface area contributed by atoms with Gasteiger partial charge in [0.15, 0.2) is 5.76 Å². The zero-order chi connectivity index (χ0) is 21.7. The maximum atomic E-state index is 13.2. The number of hydrogen-bond acceptors (Lipinski definition) is 4. The molecule has 0 bridgehead atoms. The fraction of sp³-hybridized carbons (Fsp3) is 0.500. The first-order chi connectivity index (χ1) is 14.3. The Bertz CT molecular complexity index is 858. The monoisotopic (exact) mass is 424 g/mol. The highest BCUT2D eigenvalue weighted by Gasteiger charge is 2.32. The van der Waals surface area contributed by atoms with Crippen molar-refractivity contribution in [3.05, 3.63) is 47.4 Å². The molecule has 0 spiro atoms. The number of halogens is 3. The van der Waals surface area contributed by atoms with Crippen molar-refractivity contribution in [2.24, 2.45) is 0 Å². The maximum Gasteiger partial charge on any atom is 0.416 e. The van der Waals surface area contributed by atoms with Gasteiger partial charge in [-0.25, -0.2) is 0 Å². The Morgan fingerprint density at radius 2 is 1.90 bits per heavy atom. The lowest BCUT2D eigenvalue weighted by atomic mass is 9.98. The van der Waals surface area contributed by atoms with Gasteiger partial charge in [0.05, 0.1) is 16.9 Å². The predicted molar refractivity (Wildman–Crippen MR) is 109 cm³/mol. The molecular weight excluding hydrogens is 397 g/mol. The number of furan rings is 1. The van der Waals surface area contributed by atoms with Crippen LogP contribution >= 0.6 is 0 Å². The smallest absolute Gasteiger partial charge is 0.416 e. The highest BCUT2D eigenvalue weighted by Crippen LogP contribution is 2.36. The lowest BCUT2D eigenvalue weighted by Crippen LogP contribution is -2.25. The summed E-state index contributed by atoms with van der Waals surface area (Å²) in [6, 6.07) is 6.75. The van der Waals surface area contributed by atoms with Gasteiger partial charge in [0.25, 0.3) is 5.91 Å². The molecule has 0 radical (unpaired) electrons. The Morgan fingerprint density at radius 3 is 2.53 bits per heavy atom. The molecule has 1 fully saturated rings. The highest BCUT2D eigenvalue weighted by atomic mass is 19.4. The summed E-state index contributed by atoms with van der Waals surface area (Å²) >= 11 is 0. The number of nitrogens with one attached hydrogen (secondary N) is 1. The third-order valence-corrected chi connectivity index (χ3v) is 5.26. The van der Waals surface area contributed by atoms with Crippen LogP contribution in [0.5, 0.6) is 0 Å². The van der Waals surface area contributed by atoms with Crippen molar-refractivity contribution < 1.29 is 27.1 Å². The average Bonchev–Trinajstić information content (AvgIpc) is 3.23. The van der Waals surface area contributed by atoms with E-state index in [1.165, 1.54) is 6.07 Å². The van der Waals surface area contributed by atoms with Crippen LogP contribution in [-0.4, -0.2) is 32.2 Å². The highest BCUT2D eigenvalue weighted by molar-refractivity contribution is 6.04. The second-order valence-electron chi connectivity index (χ2n) is 7.35. The number of carbonyl (C=O) groups is 1. The summed E-state index contributed by atoms with van der Waals surface area (Å²) in [6.07, 6.45) is -2.04. The van der Waals surface area contributed by atoms with Crippen LogP contribution in [0.2, 0.25) is 0 Å². The molecule has 1 aliphatic rings. The fourth-order valence-electron chi connectivity index (χ4n) is 3.67. The first-order valence-electron chi connectivity index (χ1n) is 10.3. The lowest BCUT2D eigenvalue weighted by Gasteiger charge is -2.26. The molecule has 5 nitrogen and oxygen atoms in total. The molecule has 1 saturated heterocycles. The molecule has 2 aromatic rings. The van der Waals surface area contributed by atoms with Gasteiger partial charge in [-0.1, -0.05) is 6.92 Å². The fourth-order valence-corrected chi connectivity index (χ4v) is 3.67. The van der Waals surface area contributed by atoms with Crippen LogP contribution in [0, 0.1) is 0 Å². The maximum absolute atomic E-state index is 13.2. The minimum atomic E-state index is -4.50. The molecule has 0 atom stereocenters. The van der Waals surface area contributed by atoms with E-state index in [2.05, 4.69) is 5.32 Å². The van der Waals surface area contributed by atoms with E-state index in [1.807, 2.05) is 18.7 Å². The van der Waals surface area contributed by atoms with Gasteiger partial charge >= 0.3 is 6.18 Å². The second kappa shape index (κ2) is 9.55. The van der Waals surface area contributed by atoms with E-state index in [4.69, 9.17) is 9.15 Å². The number of rotatable bonds is 7. The quantitative estimate of drug-likeness (QED) is 0.621. The number of hydrogen-bond donors (Lipinski definition) is 1. The summed E-state index contributed by atoms with van der Waals surface area (Å²) in [6.45, 7) is 6.48. The Kier molecular flexibility index (Phi) is 7.07. The van der Waals surface area contributed by atoms with E-state index in [0.717, 1.165) is 31.4 Å². The van der Waals surface area contributed by atoms with Crippen LogP contribution < -0.4 is 10.2 Å². The molecule has 1 amide bonds. The minimum Gasteiger partial charge on any atom is -0.456 e. The number of anilines is 2. The zero-order valence-electron chi connectivity index (χ0n) is 17.2. The molecule has 2 heterocycles. The first kappa shape index (κ1) is 22.2. The van der Waals surface area contributed by atoms with Crippen LogP contribution in [0.3, 0.4) is 0 Å². The Labute approximate surface area is 174 Å². The van der Waals surface area contributed by atoms with Crippen molar-refractivity contribution in [3.8, 4) is 0 Å². The number of carbonyl (C=O) groups excluding carboxylic acids is 1. The SMILES string of the molecule is CCCN(CC)c1ccc(C(F)(F)F)cc1NC(=O)c1ccc(C2CCOCC2)o1. The Hall–Kier alpha value is -2.48. The molecule has 164 valence electrons. The molecular formula is C22H27F3N2O3. The first-order valence-corrected chi connectivity index (χ1v) is 10.3. The normalized spacial score (nSPS) is 15.2. The summed E-state index contributed by atoms with van der Waals surface area (Å²) < 4.78 is 50.8. The van der Waals surface area contributed by atoms with Crippen molar-refractivity contribution in [2.45, 2.75) is 45.2 Å². The number of nitrogens with zero attached hydrogens (tertiary/aromatic N) is 1. The summed E-state index contributed by atoms with van der Waals surface area (Å²) in [4.78, 5) is 14.7. The predicted octanol–water partition coefficient (Wildman–Crippen LogP) is 5.68. The number of ether oxygens (including phenoxy) is 1. The van der Waals surface area contributed by atoms with E-state index < -0.39 is 17.6 Å². The molecule has 3 rings (SSSR count). The molecule has 0 aliphatic carbocycles. The molecule has 0 saturated carbocycles. The van der Waals surface area contributed by atoms with Gasteiger partial charge in [0.1, 0.15) is 5.76 Å². The van der Waals surface area contributed by atoms with E-state index in [9.17, 15) is 18.0 Å². The van der Waals surface area contributed by atoms with E-state index >= 15 is 0 Å². The molecule has 1 aliphatic heterocycles. The molecule has 1 aromatic carbocycles. The van der Waals surface area contributed by atoms with Gasteiger partial charge in [-0.05, 0) is 56.5 Å². The minimum absolute atomic E-state index is 0.0818. The summed E-state index contributed by atoms with van der Waals surface area (Å²) in [5.74, 6) is 0.401. The summed E-state index contributed by atoms with van der Waals surface area (Å²) in [5, 5.41) is 2.63. The summed E-state index contributed by atoms with van der Waals surface area (Å²) in [5.41, 5.74) is -0.137. The van der Waals surface area contributed by atoms with Crippen molar-refractivity contribution in [1.29, 1.82) is 0 Å². The van der Waals surface area contributed by atoms with E-state index in [0.29, 0.717) is 37.8 Å². The van der Waals surface area contributed by atoms with Crippen LogP contribution in [0.4, 0.5) is 24.5 Å². The third-order valence-electron chi connectivity index (χ3n) is 5.26. The van der Waals surface area contributed by atoms with Gasteiger partial charge in [-0.15, -0.1) is 0 Å². The van der Waals surface area contributed by atoms with Crippen LogP contribution in [0.1, 0.15) is 60.9 Å². The standard InChI is InChI=1S/C22H27F3N2O3/c1-3-11-27(4-2)18-6-5-16(22(23,24)25)14-17(18)26-21(28)20-8-7-19(30-20)15-9-12-29-13-10-15/h5-8,14-15H,3-4,9-13H2,1-2H3,(H,26,28). The number of alkyl halides is 3. The second-order valence-corrected chi connectivity index (χ2v) is 7.35. The van der Waals surface area contributed by atoms with Gasteiger partial charge in [0.2, 0.25) is 0 Å². The van der Waals surface area contributed by atoms with E-state index in [-0.39, 0.29) is 17.4 Å². The third kappa shape index (κ3) is 5.16. The largest absolute Gasteiger partial charge is 0.456 e. The van der Waals surface area contributed by atoms with Gasteiger partial charge < -0.3 is 19.4 Å². The van der Waals surface area contributed by atoms with Crippen LogP contribution in [0.25, 0.3) is 0 Å². The van der Waals surface area contributed by atoms with Crippen LogP contribution in [0.15, 0.2) is 34.7 Å². The summed E-state index contributed by atoms with van der Waals surface area (Å²) in [7, 11) is 0. The van der Waals surface area contributed by atoms with Gasteiger partial charge in [0, 0.05) is 32.2 Å². The van der Waals surface area contributed by atoms with Crippen molar-refractivity contribution in [2.75, 3.05) is 36.5 Å². The molecule has 30 heavy (non-hydrogen) atoms. The van der Waals surface area contributed by atoms with E-state index in [1.54, 1.807) is 12.1 Å². The number of benzene rings is 1. The Balaban J connectivity index is 1.86. The average molecular weight is 424 g/mol. The molecule has 0 unspecified atom stereocenters. The zero-order valence-corrected chi connectivity index (χ0v) is 17.2. The van der Waals surface area contributed by atoms with Gasteiger partial charge in [-0.3, -0.25) is 4.79 Å². The number of amides is 1. The lowest BCUT2D eigenvalue weighted by molar-refractivity contribution is -0.137. The molecule has 1 N–H and O–H groups in total. The Morgan fingerprint density at radius 1 is 1.17 bits per heavy atom. The topological polar surface area (TPSA) is 54.7 Å². The van der Waals surface area contributed by atoms with Crippen molar-refractivity contribution in [3.63, 3.8) is 0 Å². The molecule has 1 aromatic heterocycles. The van der Waals surface area contributed by atoms with Crippen molar-refractivity contribution in [1.82, 2.24) is 0 Å². The van der Waals surface area contributed by atoms with Crippen molar-refractivity contribution >= 4 is 17.3 Å². The molecule has 8 heteroatoms.